The van der Waals surface area contributed by atoms with Crippen LogP contribution < -0.4 is 11.0 Å². The van der Waals surface area contributed by atoms with E-state index in [1.54, 1.807) is 18.5 Å². The van der Waals surface area contributed by atoms with E-state index in [9.17, 15) is 18.0 Å². The molecule has 0 aliphatic rings. The van der Waals surface area contributed by atoms with Crippen molar-refractivity contribution in [1.29, 1.82) is 0 Å². The molecule has 11 heteroatoms. The molecule has 0 aliphatic carbocycles. The lowest BCUT2D eigenvalue weighted by molar-refractivity contribution is 0.101. The van der Waals surface area contributed by atoms with Gasteiger partial charge in [0.05, 0.1) is 16.6 Å². The van der Waals surface area contributed by atoms with Gasteiger partial charge in [-0.3, -0.25) is 15.0 Å². The Morgan fingerprint density at radius 1 is 1.13 bits per heavy atom. The van der Waals surface area contributed by atoms with Gasteiger partial charge in [-0.25, -0.2) is 22.8 Å². The summed E-state index contributed by atoms with van der Waals surface area (Å²) in [4.78, 5) is 29.7. The van der Waals surface area contributed by atoms with Crippen LogP contribution in [0.2, 0.25) is 0 Å². The van der Waals surface area contributed by atoms with Crippen LogP contribution in [0.5, 0.6) is 0 Å². The van der Waals surface area contributed by atoms with Crippen molar-refractivity contribution in [2.75, 3.05) is 18.5 Å². The summed E-state index contributed by atoms with van der Waals surface area (Å²) in [5, 5.41) is 4.51. The largest absolute Gasteiger partial charge is 0.283 e. The Kier molecular flexibility index (Phi) is 6.01. The molecule has 1 aromatic carbocycles. The van der Waals surface area contributed by atoms with Gasteiger partial charge in [-0.15, -0.1) is 0 Å². The molecule has 0 spiro atoms. The minimum atomic E-state index is -3.62. The average molecular weight is 447 g/mol. The molecule has 31 heavy (non-hydrogen) atoms. The van der Waals surface area contributed by atoms with Crippen molar-refractivity contribution < 1.29 is 13.2 Å². The van der Waals surface area contributed by atoms with Gasteiger partial charge in [0.15, 0.2) is 5.65 Å². The molecule has 2 aromatic heterocycles. The van der Waals surface area contributed by atoms with Crippen molar-refractivity contribution >= 4 is 27.0 Å². The zero-order valence-corrected chi connectivity index (χ0v) is 19.0. The van der Waals surface area contributed by atoms with E-state index in [1.165, 1.54) is 41.1 Å². The van der Waals surface area contributed by atoms with Gasteiger partial charge in [-0.05, 0) is 45.0 Å². The number of rotatable bonds is 6. The van der Waals surface area contributed by atoms with E-state index >= 15 is 0 Å². The Hall–Kier alpha value is -3.05. The lowest BCUT2D eigenvalue weighted by Gasteiger charge is -2.19. The van der Waals surface area contributed by atoms with Crippen LogP contribution in [0.3, 0.4) is 0 Å². The smallest absolute Gasteiger partial charge is 0.267 e. The number of nitrogens with zero attached hydrogens (tertiary/aromatic N) is 5. The molecule has 2 heterocycles. The molecule has 0 atom stereocenters. The topological polar surface area (TPSA) is 119 Å². The first kappa shape index (κ1) is 22.6. The van der Waals surface area contributed by atoms with Crippen LogP contribution >= 0.6 is 0 Å². The maximum absolute atomic E-state index is 12.7. The number of hydrogen-bond acceptors (Lipinski definition) is 6. The molecule has 166 valence electrons. The summed E-state index contributed by atoms with van der Waals surface area (Å²) in [5.74, 6) is -0.571. The summed E-state index contributed by atoms with van der Waals surface area (Å²) >= 11 is 0. The highest BCUT2D eigenvalue weighted by Gasteiger charge is 2.22. The van der Waals surface area contributed by atoms with E-state index in [1.807, 2.05) is 20.8 Å². The Morgan fingerprint density at radius 3 is 2.29 bits per heavy atom. The second-order valence-electron chi connectivity index (χ2n) is 7.94. The number of nitrogens with one attached hydrogen (secondary N) is 1. The van der Waals surface area contributed by atoms with E-state index in [-0.39, 0.29) is 21.4 Å². The fraction of sp³-hybridized carbons (Fsp3) is 0.400. The summed E-state index contributed by atoms with van der Waals surface area (Å²) in [6.45, 7) is 10.1. The zero-order valence-electron chi connectivity index (χ0n) is 18.2. The van der Waals surface area contributed by atoms with Gasteiger partial charge in [0.2, 0.25) is 10.0 Å². The van der Waals surface area contributed by atoms with Crippen molar-refractivity contribution in [3.8, 4) is 0 Å². The molecular formula is C20H26N6O4S. The first-order valence-electron chi connectivity index (χ1n) is 9.88. The quantitative estimate of drug-likeness (QED) is 0.616. The van der Waals surface area contributed by atoms with Gasteiger partial charge < -0.3 is 0 Å². The fourth-order valence-electron chi connectivity index (χ4n) is 3.15. The fourth-order valence-corrected chi connectivity index (χ4v) is 4.61. The lowest BCUT2D eigenvalue weighted by atomic mass is 10.1. The van der Waals surface area contributed by atoms with E-state index in [0.717, 1.165) is 4.68 Å². The van der Waals surface area contributed by atoms with Crippen LogP contribution in [-0.4, -0.2) is 51.2 Å². The molecule has 0 saturated carbocycles. The molecular weight excluding hydrogens is 420 g/mol. The Bertz CT molecular complexity index is 1270. The molecule has 0 unspecified atom stereocenters. The summed E-state index contributed by atoms with van der Waals surface area (Å²) in [6.07, 6.45) is 2.65. The molecule has 0 saturated heterocycles. The molecule has 1 N–H and O–H groups in total. The first-order chi connectivity index (χ1) is 14.5. The van der Waals surface area contributed by atoms with Gasteiger partial charge in [0.1, 0.15) is 11.7 Å². The highest BCUT2D eigenvalue weighted by molar-refractivity contribution is 7.89. The summed E-state index contributed by atoms with van der Waals surface area (Å²) < 4.78 is 29.1. The second kappa shape index (κ2) is 8.23. The van der Waals surface area contributed by atoms with Crippen LogP contribution in [0, 0.1) is 0 Å². The van der Waals surface area contributed by atoms with Gasteiger partial charge in [-0.1, -0.05) is 13.8 Å². The van der Waals surface area contributed by atoms with Gasteiger partial charge in [-0.2, -0.15) is 9.40 Å². The minimum Gasteiger partial charge on any atom is -0.267 e. The van der Waals surface area contributed by atoms with Crippen LogP contribution in [0.25, 0.3) is 11.0 Å². The van der Waals surface area contributed by atoms with Crippen molar-refractivity contribution in [3.05, 3.63) is 52.7 Å². The van der Waals surface area contributed by atoms with E-state index in [4.69, 9.17) is 0 Å². The van der Waals surface area contributed by atoms with Crippen molar-refractivity contribution in [1.82, 2.24) is 23.7 Å². The summed E-state index contributed by atoms with van der Waals surface area (Å²) in [7, 11) is -3.62. The molecule has 0 bridgehead atoms. The van der Waals surface area contributed by atoms with Gasteiger partial charge >= 0.3 is 0 Å². The predicted octanol–water partition coefficient (Wildman–Crippen LogP) is 1.76. The number of carbonyl (C=O) groups excluding carboxylic acids is 1. The van der Waals surface area contributed by atoms with Crippen LogP contribution in [0.1, 0.15) is 45.0 Å². The van der Waals surface area contributed by atoms with E-state index in [0.29, 0.717) is 18.7 Å². The Morgan fingerprint density at radius 2 is 1.74 bits per heavy atom. The third-order valence-electron chi connectivity index (χ3n) is 4.81. The van der Waals surface area contributed by atoms with E-state index < -0.39 is 21.5 Å². The number of benzene rings is 1. The van der Waals surface area contributed by atoms with Crippen LogP contribution in [-0.2, 0) is 15.6 Å². The third-order valence-corrected chi connectivity index (χ3v) is 6.87. The summed E-state index contributed by atoms with van der Waals surface area (Å²) in [6, 6.07) is 5.56. The number of aromatic nitrogens is 4. The molecule has 3 rings (SSSR count). The summed E-state index contributed by atoms with van der Waals surface area (Å²) in [5.41, 5.74) is 2.28. The number of carbonyl (C=O) groups is 1. The van der Waals surface area contributed by atoms with Crippen molar-refractivity contribution in [2.24, 2.45) is 0 Å². The van der Waals surface area contributed by atoms with Gasteiger partial charge in [0.25, 0.3) is 11.5 Å². The Balaban J connectivity index is 1.86. The standard InChI is InChI=1S/C20H26N6O4S/c1-6-24(7-2)31(29,30)15-10-8-14(9-11-15)18(27)23-25-13-21-17-16(19(25)28)12-22-26(17)20(3,4)5/h8-13H,6-7H2,1-5H3,(H,23,27). The normalized spacial score (nSPS) is 12.5. The van der Waals surface area contributed by atoms with Gasteiger partial charge in [0, 0.05) is 18.7 Å². The van der Waals surface area contributed by atoms with Crippen molar-refractivity contribution in [2.45, 2.75) is 45.1 Å². The van der Waals surface area contributed by atoms with Crippen molar-refractivity contribution in [3.63, 3.8) is 0 Å². The second-order valence-corrected chi connectivity index (χ2v) is 9.88. The molecule has 0 radical (unpaired) electrons. The third kappa shape index (κ3) is 4.23. The Labute approximate surface area is 180 Å². The maximum Gasteiger partial charge on any atom is 0.283 e. The van der Waals surface area contributed by atoms with Crippen LogP contribution in [0.15, 0.2) is 46.5 Å². The number of amides is 1. The number of fused-ring (bicyclic) bond motifs is 1. The first-order valence-corrected chi connectivity index (χ1v) is 11.3. The maximum atomic E-state index is 12.7. The molecule has 10 nitrogen and oxygen atoms in total. The molecule has 1 amide bonds. The molecule has 0 aliphatic heterocycles. The number of sulfonamides is 1. The average Bonchev–Trinajstić information content (AvgIpc) is 3.16. The highest BCUT2D eigenvalue weighted by atomic mass is 32.2. The predicted molar refractivity (Wildman–Crippen MR) is 117 cm³/mol. The monoisotopic (exact) mass is 446 g/mol. The molecule has 3 aromatic rings. The minimum absolute atomic E-state index is 0.0996. The zero-order chi connectivity index (χ0) is 23.0. The van der Waals surface area contributed by atoms with Crippen LogP contribution in [0.4, 0.5) is 0 Å². The van der Waals surface area contributed by atoms with E-state index in [2.05, 4.69) is 15.5 Å². The highest BCUT2D eigenvalue weighted by Crippen LogP contribution is 2.18. The SMILES string of the molecule is CCN(CC)S(=O)(=O)c1ccc(C(=O)Nn2cnc3c(cnn3C(C)(C)C)c2=O)cc1. The molecule has 0 fully saturated rings. The lowest BCUT2D eigenvalue weighted by Crippen LogP contribution is -2.33. The number of hydrogen-bond donors (Lipinski definition) is 1.